The first-order valence-corrected chi connectivity index (χ1v) is 8.46. The van der Waals surface area contributed by atoms with E-state index in [1.54, 1.807) is 18.2 Å². The number of piperidine rings is 1. The highest BCUT2D eigenvalue weighted by Crippen LogP contribution is 2.28. The fourth-order valence-electron chi connectivity index (χ4n) is 2.83. The molecule has 2 N–H and O–H groups in total. The molecule has 1 fully saturated rings. The van der Waals surface area contributed by atoms with Crippen LogP contribution in [0.15, 0.2) is 30.3 Å². The lowest BCUT2D eigenvalue weighted by molar-refractivity contribution is 0.0928. The third-order valence-corrected chi connectivity index (χ3v) is 5.20. The third-order valence-electron chi connectivity index (χ3n) is 3.97. The van der Waals surface area contributed by atoms with Crippen LogP contribution in [0.25, 0.3) is 0 Å². The fraction of sp³-hybridized carbons (Fsp3) is 0.312. The highest BCUT2D eigenvalue weighted by atomic mass is 35.5. The second-order valence-corrected chi connectivity index (χ2v) is 7.17. The molecule has 2 atom stereocenters. The molecule has 0 radical (unpaired) electrons. The quantitative estimate of drug-likeness (QED) is 0.829. The van der Waals surface area contributed by atoms with Crippen molar-refractivity contribution in [3.05, 3.63) is 56.7 Å². The van der Waals surface area contributed by atoms with Crippen molar-refractivity contribution < 1.29 is 13.6 Å². The number of rotatable bonds is 3. The maximum absolute atomic E-state index is 13.5. The molecule has 24 heavy (non-hydrogen) atoms. The van der Waals surface area contributed by atoms with Crippen molar-refractivity contribution in [1.82, 2.24) is 10.6 Å². The number of amides is 1. The van der Waals surface area contributed by atoms with Crippen LogP contribution in [0.4, 0.5) is 8.78 Å². The van der Waals surface area contributed by atoms with Gasteiger partial charge >= 0.3 is 0 Å². The molecule has 1 aromatic carbocycles. The molecular weight excluding hydrogens is 377 g/mol. The summed E-state index contributed by atoms with van der Waals surface area (Å²) in [6, 6.07) is 7.08. The first-order chi connectivity index (χ1) is 11.0. The molecule has 0 saturated carbocycles. The van der Waals surface area contributed by atoms with Gasteiger partial charge in [-0.05, 0) is 42.8 Å². The second kappa shape index (κ2) is 8.25. The van der Waals surface area contributed by atoms with Gasteiger partial charge in [0.05, 0.1) is 9.21 Å². The molecule has 3 nitrogen and oxygen atoms in total. The van der Waals surface area contributed by atoms with Crippen molar-refractivity contribution >= 4 is 41.3 Å². The van der Waals surface area contributed by atoms with Crippen LogP contribution in [0.1, 0.15) is 27.6 Å². The lowest BCUT2D eigenvalue weighted by Crippen LogP contribution is -2.49. The lowest BCUT2D eigenvalue weighted by Gasteiger charge is -2.33. The minimum absolute atomic E-state index is 0. The van der Waals surface area contributed by atoms with Crippen molar-refractivity contribution in [3.63, 3.8) is 0 Å². The number of hydrogen-bond donors (Lipinski definition) is 2. The highest BCUT2D eigenvalue weighted by Gasteiger charge is 2.29. The van der Waals surface area contributed by atoms with E-state index in [2.05, 4.69) is 10.6 Å². The van der Waals surface area contributed by atoms with Gasteiger partial charge in [0.25, 0.3) is 5.91 Å². The summed E-state index contributed by atoms with van der Waals surface area (Å²) in [5, 5.41) is 6.18. The number of hydrogen-bond acceptors (Lipinski definition) is 3. The standard InChI is InChI=1S/C16H15ClF2N2OS.ClH/c17-15-4-3-14(23-15)16(22)21-13-8-20-6-5-10(13)9-1-2-11(18)12(19)7-9;/h1-4,7,10,13,20H,5-6,8H2,(H,21,22);1H. The van der Waals surface area contributed by atoms with Gasteiger partial charge in [0.1, 0.15) is 0 Å². The molecule has 130 valence electrons. The van der Waals surface area contributed by atoms with Crippen LogP contribution in [-0.4, -0.2) is 25.0 Å². The summed E-state index contributed by atoms with van der Waals surface area (Å²) < 4.78 is 27.2. The van der Waals surface area contributed by atoms with Gasteiger partial charge < -0.3 is 10.6 Å². The van der Waals surface area contributed by atoms with Gasteiger partial charge in [0.2, 0.25) is 0 Å². The molecule has 2 aromatic rings. The smallest absolute Gasteiger partial charge is 0.261 e. The van der Waals surface area contributed by atoms with Gasteiger partial charge in [0.15, 0.2) is 11.6 Å². The number of carbonyl (C=O) groups is 1. The number of nitrogens with one attached hydrogen (secondary N) is 2. The van der Waals surface area contributed by atoms with E-state index in [1.165, 1.54) is 17.4 Å². The Hall–Kier alpha value is -1.21. The Morgan fingerprint density at radius 1 is 1.25 bits per heavy atom. The molecule has 3 rings (SSSR count). The van der Waals surface area contributed by atoms with Gasteiger partial charge in [-0.2, -0.15) is 0 Å². The lowest BCUT2D eigenvalue weighted by atomic mass is 9.86. The monoisotopic (exact) mass is 392 g/mol. The first-order valence-electron chi connectivity index (χ1n) is 7.26. The van der Waals surface area contributed by atoms with Crippen LogP contribution in [0, 0.1) is 11.6 Å². The summed E-state index contributed by atoms with van der Waals surface area (Å²) in [6.45, 7) is 1.34. The summed E-state index contributed by atoms with van der Waals surface area (Å²) in [4.78, 5) is 12.8. The molecule has 0 spiro atoms. The SMILES string of the molecule is Cl.O=C(NC1CNCCC1c1ccc(F)c(F)c1)c1ccc(Cl)s1. The topological polar surface area (TPSA) is 41.1 Å². The van der Waals surface area contributed by atoms with E-state index in [4.69, 9.17) is 11.6 Å². The van der Waals surface area contributed by atoms with Gasteiger partial charge in [0, 0.05) is 18.5 Å². The van der Waals surface area contributed by atoms with Crippen molar-refractivity contribution in [2.45, 2.75) is 18.4 Å². The molecule has 0 bridgehead atoms. The second-order valence-electron chi connectivity index (χ2n) is 5.46. The van der Waals surface area contributed by atoms with Crippen LogP contribution in [0.5, 0.6) is 0 Å². The van der Waals surface area contributed by atoms with E-state index < -0.39 is 11.6 Å². The minimum atomic E-state index is -0.865. The molecule has 2 heterocycles. The number of halogens is 4. The van der Waals surface area contributed by atoms with Crippen molar-refractivity contribution in [3.8, 4) is 0 Å². The summed E-state index contributed by atoms with van der Waals surface area (Å²) in [5.74, 6) is -2.00. The molecule has 1 aliphatic heterocycles. The van der Waals surface area contributed by atoms with Crippen molar-refractivity contribution in [2.75, 3.05) is 13.1 Å². The van der Waals surface area contributed by atoms with Crippen LogP contribution in [0.3, 0.4) is 0 Å². The predicted molar refractivity (Wildman–Crippen MR) is 94.4 cm³/mol. The van der Waals surface area contributed by atoms with E-state index in [-0.39, 0.29) is 30.3 Å². The Bertz CT molecular complexity index is 726. The number of thiophene rings is 1. The van der Waals surface area contributed by atoms with E-state index in [0.717, 1.165) is 19.0 Å². The van der Waals surface area contributed by atoms with E-state index in [0.29, 0.717) is 21.3 Å². The predicted octanol–water partition coefficient (Wildman–Crippen LogP) is 3.98. The largest absolute Gasteiger partial charge is 0.347 e. The zero-order valence-electron chi connectivity index (χ0n) is 12.5. The normalized spacial score (nSPS) is 20.3. The Morgan fingerprint density at radius 2 is 2.04 bits per heavy atom. The average Bonchev–Trinajstić information content (AvgIpc) is 2.97. The Morgan fingerprint density at radius 3 is 2.71 bits per heavy atom. The maximum Gasteiger partial charge on any atom is 0.261 e. The molecule has 1 saturated heterocycles. The van der Waals surface area contributed by atoms with Crippen LogP contribution in [0.2, 0.25) is 4.34 Å². The summed E-state index contributed by atoms with van der Waals surface area (Å²) in [7, 11) is 0. The first kappa shape index (κ1) is 19.1. The average molecular weight is 393 g/mol. The molecule has 1 aromatic heterocycles. The van der Waals surface area contributed by atoms with E-state index in [1.807, 2.05) is 0 Å². The van der Waals surface area contributed by atoms with Crippen molar-refractivity contribution in [2.24, 2.45) is 0 Å². The summed E-state index contributed by atoms with van der Waals surface area (Å²) >= 11 is 7.06. The highest BCUT2D eigenvalue weighted by molar-refractivity contribution is 7.18. The summed E-state index contributed by atoms with van der Waals surface area (Å²) in [5.41, 5.74) is 0.694. The number of carbonyl (C=O) groups excluding carboxylic acids is 1. The molecule has 0 aliphatic carbocycles. The van der Waals surface area contributed by atoms with Crippen LogP contribution in [-0.2, 0) is 0 Å². The minimum Gasteiger partial charge on any atom is -0.347 e. The Balaban J connectivity index is 0.00000208. The van der Waals surface area contributed by atoms with Crippen molar-refractivity contribution in [1.29, 1.82) is 0 Å². The maximum atomic E-state index is 13.5. The zero-order valence-corrected chi connectivity index (χ0v) is 14.9. The summed E-state index contributed by atoms with van der Waals surface area (Å²) in [6.07, 6.45) is 0.737. The van der Waals surface area contributed by atoms with Crippen LogP contribution < -0.4 is 10.6 Å². The van der Waals surface area contributed by atoms with Gasteiger partial charge in [-0.1, -0.05) is 17.7 Å². The Kier molecular flexibility index (Phi) is 6.57. The van der Waals surface area contributed by atoms with Gasteiger partial charge in [-0.15, -0.1) is 23.7 Å². The van der Waals surface area contributed by atoms with Crippen LogP contribution >= 0.6 is 35.3 Å². The Labute approximate surface area is 153 Å². The molecule has 8 heteroatoms. The molecule has 2 unspecified atom stereocenters. The third kappa shape index (κ3) is 4.25. The molecule has 1 amide bonds. The van der Waals surface area contributed by atoms with E-state index >= 15 is 0 Å². The molecule has 1 aliphatic rings. The van der Waals surface area contributed by atoms with Gasteiger partial charge in [-0.3, -0.25) is 4.79 Å². The number of benzene rings is 1. The zero-order chi connectivity index (χ0) is 16.4. The van der Waals surface area contributed by atoms with E-state index in [9.17, 15) is 13.6 Å². The fourth-order valence-corrected chi connectivity index (χ4v) is 3.77. The molecular formula is C16H16Cl2F2N2OS. The van der Waals surface area contributed by atoms with Gasteiger partial charge in [-0.25, -0.2) is 8.78 Å².